The fourth-order valence-electron chi connectivity index (χ4n) is 2.79. The maximum absolute atomic E-state index is 12.2. The van der Waals surface area contributed by atoms with E-state index >= 15 is 0 Å². The van der Waals surface area contributed by atoms with E-state index in [9.17, 15) is 9.59 Å². The second kappa shape index (κ2) is 8.86. The Labute approximate surface area is 164 Å². The van der Waals surface area contributed by atoms with Gasteiger partial charge in [-0.3, -0.25) is 9.59 Å². The molecule has 0 spiro atoms. The number of hydrogen-bond acceptors (Lipinski definition) is 3. The van der Waals surface area contributed by atoms with E-state index in [1.807, 2.05) is 50.2 Å². The first kappa shape index (κ1) is 19.2. The lowest BCUT2D eigenvalue weighted by atomic mass is 10.1. The maximum atomic E-state index is 12.2. The molecule has 0 bridgehead atoms. The van der Waals surface area contributed by atoms with Crippen LogP contribution in [0.3, 0.4) is 0 Å². The summed E-state index contributed by atoms with van der Waals surface area (Å²) in [4.78, 5) is 24.3. The van der Waals surface area contributed by atoms with Crippen LogP contribution < -0.4 is 15.4 Å². The van der Waals surface area contributed by atoms with E-state index in [1.54, 1.807) is 36.4 Å². The van der Waals surface area contributed by atoms with Crippen LogP contribution in [-0.4, -0.2) is 18.4 Å². The zero-order chi connectivity index (χ0) is 19.9. The van der Waals surface area contributed by atoms with Crippen molar-refractivity contribution in [1.82, 2.24) is 0 Å². The molecular formula is C23H22N2O3. The Morgan fingerprint density at radius 2 is 1.32 bits per heavy atom. The number of para-hydroxylation sites is 1. The van der Waals surface area contributed by atoms with E-state index in [-0.39, 0.29) is 18.4 Å². The highest BCUT2D eigenvalue weighted by Gasteiger charge is 2.09. The second-order valence-corrected chi connectivity index (χ2v) is 6.46. The third kappa shape index (κ3) is 4.98. The molecule has 0 saturated heterocycles. The van der Waals surface area contributed by atoms with Crippen LogP contribution in [0.5, 0.6) is 5.75 Å². The highest BCUT2D eigenvalue weighted by molar-refractivity contribution is 6.04. The van der Waals surface area contributed by atoms with E-state index in [0.717, 1.165) is 16.9 Å². The SMILES string of the molecule is Cc1cccc(C)c1OCC(=O)Nc1ccc(NC(=O)c2ccccc2)cc1. The van der Waals surface area contributed by atoms with Gasteiger partial charge < -0.3 is 15.4 Å². The van der Waals surface area contributed by atoms with Gasteiger partial charge in [0.05, 0.1) is 0 Å². The Balaban J connectivity index is 1.54. The first-order valence-electron chi connectivity index (χ1n) is 8.98. The largest absolute Gasteiger partial charge is 0.483 e. The minimum Gasteiger partial charge on any atom is -0.483 e. The van der Waals surface area contributed by atoms with Gasteiger partial charge in [-0.05, 0) is 61.4 Å². The molecule has 0 aromatic heterocycles. The van der Waals surface area contributed by atoms with Crippen molar-refractivity contribution in [1.29, 1.82) is 0 Å². The Kier molecular flexibility index (Phi) is 6.07. The molecule has 5 nitrogen and oxygen atoms in total. The highest BCUT2D eigenvalue weighted by Crippen LogP contribution is 2.22. The van der Waals surface area contributed by atoms with E-state index in [2.05, 4.69) is 10.6 Å². The summed E-state index contributed by atoms with van der Waals surface area (Å²) in [5.41, 5.74) is 3.85. The number of aryl methyl sites for hydroxylation is 2. The van der Waals surface area contributed by atoms with Crippen LogP contribution in [-0.2, 0) is 4.79 Å². The average Bonchev–Trinajstić information content (AvgIpc) is 2.70. The fourth-order valence-corrected chi connectivity index (χ4v) is 2.79. The molecule has 2 amide bonds. The minimum absolute atomic E-state index is 0.0712. The summed E-state index contributed by atoms with van der Waals surface area (Å²) < 4.78 is 5.66. The quantitative estimate of drug-likeness (QED) is 0.664. The fraction of sp³-hybridized carbons (Fsp3) is 0.130. The van der Waals surface area contributed by atoms with Crippen molar-refractivity contribution in [2.75, 3.05) is 17.2 Å². The highest BCUT2D eigenvalue weighted by atomic mass is 16.5. The van der Waals surface area contributed by atoms with E-state index in [1.165, 1.54) is 0 Å². The number of nitrogens with one attached hydrogen (secondary N) is 2. The number of hydrogen-bond donors (Lipinski definition) is 2. The van der Waals surface area contributed by atoms with Crippen molar-refractivity contribution in [2.24, 2.45) is 0 Å². The van der Waals surface area contributed by atoms with Gasteiger partial charge in [0, 0.05) is 16.9 Å². The number of carbonyl (C=O) groups excluding carboxylic acids is 2. The Hall–Kier alpha value is -3.60. The lowest BCUT2D eigenvalue weighted by molar-refractivity contribution is -0.118. The zero-order valence-electron chi connectivity index (χ0n) is 15.9. The third-order valence-corrected chi connectivity index (χ3v) is 4.22. The molecule has 3 aromatic carbocycles. The van der Waals surface area contributed by atoms with Crippen molar-refractivity contribution < 1.29 is 14.3 Å². The molecule has 2 N–H and O–H groups in total. The standard InChI is InChI=1S/C23H22N2O3/c1-16-7-6-8-17(2)22(16)28-15-21(26)24-19-11-13-20(14-12-19)25-23(27)18-9-4-3-5-10-18/h3-14H,15H2,1-2H3,(H,24,26)(H,25,27). The number of benzene rings is 3. The number of amides is 2. The van der Waals surface area contributed by atoms with Gasteiger partial charge in [-0.25, -0.2) is 0 Å². The smallest absolute Gasteiger partial charge is 0.262 e. The van der Waals surface area contributed by atoms with Crippen molar-refractivity contribution in [3.63, 3.8) is 0 Å². The van der Waals surface area contributed by atoms with Crippen LogP contribution in [0.15, 0.2) is 72.8 Å². The number of rotatable bonds is 6. The van der Waals surface area contributed by atoms with Crippen LogP contribution in [0, 0.1) is 13.8 Å². The monoisotopic (exact) mass is 374 g/mol. The third-order valence-electron chi connectivity index (χ3n) is 4.22. The van der Waals surface area contributed by atoms with Gasteiger partial charge in [-0.2, -0.15) is 0 Å². The topological polar surface area (TPSA) is 67.4 Å². The lowest BCUT2D eigenvalue weighted by Gasteiger charge is -2.12. The normalized spacial score (nSPS) is 10.2. The summed E-state index contributed by atoms with van der Waals surface area (Å²) in [6.07, 6.45) is 0. The van der Waals surface area contributed by atoms with Crippen LogP contribution in [0.4, 0.5) is 11.4 Å². The molecule has 5 heteroatoms. The summed E-state index contributed by atoms with van der Waals surface area (Å²) in [5, 5.41) is 5.61. The van der Waals surface area contributed by atoms with E-state index in [4.69, 9.17) is 4.74 Å². The molecule has 0 fully saturated rings. The molecule has 3 rings (SSSR count). The maximum Gasteiger partial charge on any atom is 0.262 e. The van der Waals surface area contributed by atoms with Gasteiger partial charge in [0.15, 0.2) is 6.61 Å². The van der Waals surface area contributed by atoms with Crippen molar-refractivity contribution in [3.05, 3.63) is 89.5 Å². The first-order valence-corrected chi connectivity index (χ1v) is 8.98. The predicted octanol–water partition coefficient (Wildman–Crippen LogP) is 4.57. The van der Waals surface area contributed by atoms with Crippen LogP contribution in [0.2, 0.25) is 0 Å². The summed E-state index contributed by atoms with van der Waals surface area (Å²) in [7, 11) is 0. The molecule has 28 heavy (non-hydrogen) atoms. The summed E-state index contributed by atoms with van der Waals surface area (Å²) in [6.45, 7) is 3.82. The van der Waals surface area contributed by atoms with Crippen LogP contribution in [0.25, 0.3) is 0 Å². The van der Waals surface area contributed by atoms with Crippen molar-refractivity contribution in [2.45, 2.75) is 13.8 Å². The van der Waals surface area contributed by atoms with Gasteiger partial charge in [0.2, 0.25) is 0 Å². The molecule has 0 heterocycles. The van der Waals surface area contributed by atoms with Crippen molar-refractivity contribution >= 4 is 23.2 Å². The first-order chi connectivity index (χ1) is 13.5. The molecule has 3 aromatic rings. The van der Waals surface area contributed by atoms with Crippen LogP contribution >= 0.6 is 0 Å². The number of ether oxygens (including phenoxy) is 1. The molecule has 0 aliphatic carbocycles. The minimum atomic E-state index is -0.247. The number of anilines is 2. The Morgan fingerprint density at radius 3 is 1.93 bits per heavy atom. The molecular weight excluding hydrogens is 352 g/mol. The Morgan fingerprint density at radius 1 is 0.750 bits per heavy atom. The molecule has 0 aliphatic heterocycles. The van der Waals surface area contributed by atoms with E-state index in [0.29, 0.717) is 16.9 Å². The van der Waals surface area contributed by atoms with Gasteiger partial charge in [-0.1, -0.05) is 36.4 Å². The van der Waals surface area contributed by atoms with E-state index < -0.39 is 0 Å². The van der Waals surface area contributed by atoms with Gasteiger partial charge in [0.25, 0.3) is 11.8 Å². The summed E-state index contributed by atoms with van der Waals surface area (Å²) in [6, 6.07) is 21.8. The van der Waals surface area contributed by atoms with Crippen molar-refractivity contribution in [3.8, 4) is 5.75 Å². The molecule has 0 unspecified atom stereocenters. The Bertz CT molecular complexity index is 947. The molecule has 0 atom stereocenters. The average molecular weight is 374 g/mol. The van der Waals surface area contributed by atoms with Gasteiger partial charge >= 0.3 is 0 Å². The molecule has 0 aliphatic rings. The lowest BCUT2D eigenvalue weighted by Crippen LogP contribution is -2.20. The summed E-state index contributed by atoms with van der Waals surface area (Å²) >= 11 is 0. The molecule has 0 radical (unpaired) electrons. The van der Waals surface area contributed by atoms with Gasteiger partial charge in [-0.15, -0.1) is 0 Å². The molecule has 142 valence electrons. The predicted molar refractivity (Wildman–Crippen MR) is 111 cm³/mol. The second-order valence-electron chi connectivity index (χ2n) is 6.46. The summed E-state index contributed by atoms with van der Waals surface area (Å²) in [5.74, 6) is 0.305. The molecule has 0 saturated carbocycles. The van der Waals surface area contributed by atoms with Crippen LogP contribution in [0.1, 0.15) is 21.5 Å². The van der Waals surface area contributed by atoms with Gasteiger partial charge in [0.1, 0.15) is 5.75 Å². The zero-order valence-corrected chi connectivity index (χ0v) is 15.9. The number of carbonyl (C=O) groups is 2.